The van der Waals surface area contributed by atoms with Gasteiger partial charge in [-0.3, -0.25) is 9.48 Å². The van der Waals surface area contributed by atoms with Crippen molar-refractivity contribution in [3.63, 3.8) is 0 Å². The first-order valence-corrected chi connectivity index (χ1v) is 6.60. The molecular weight excluding hydrogens is 284 g/mol. The van der Waals surface area contributed by atoms with Crippen LogP contribution in [-0.2, 0) is 11.3 Å². The lowest BCUT2D eigenvalue weighted by atomic mass is 10.1. The van der Waals surface area contributed by atoms with Gasteiger partial charge in [0.25, 0.3) is 5.91 Å². The molecule has 0 saturated heterocycles. The number of rotatable bonds is 5. The number of nitrogens with zero attached hydrogens (tertiary/aromatic N) is 3. The molecule has 1 N–H and O–H groups in total. The molecule has 1 amide bonds. The number of aryl methyl sites for hydroxylation is 2. The minimum absolute atomic E-state index is 0.0840. The summed E-state index contributed by atoms with van der Waals surface area (Å²) in [6.07, 6.45) is 1.43. The first-order chi connectivity index (χ1) is 10.5. The molecule has 2 rings (SSSR count). The van der Waals surface area contributed by atoms with Gasteiger partial charge < -0.3 is 9.90 Å². The molecule has 7 heteroatoms. The van der Waals surface area contributed by atoms with E-state index in [0.717, 1.165) is 11.4 Å². The Balaban J connectivity index is 1.90. The first kappa shape index (κ1) is 15.4. The highest BCUT2D eigenvalue weighted by Crippen LogP contribution is 2.02. The van der Waals surface area contributed by atoms with Crippen LogP contribution in [0.3, 0.4) is 0 Å². The standard InChI is InChI=1S/C15H16N4O3/c1-10-7-11(2)19(18-10)9-14(20)17-16-8-12-3-5-13(6-4-12)15(21)22/h3-8H,9H2,1-2H3,(H,17,20)(H,21,22)/p-1/b16-8-. The van der Waals surface area contributed by atoms with Gasteiger partial charge in [0.1, 0.15) is 6.54 Å². The summed E-state index contributed by atoms with van der Waals surface area (Å²) < 4.78 is 1.59. The molecule has 1 aromatic heterocycles. The van der Waals surface area contributed by atoms with Gasteiger partial charge in [0.2, 0.25) is 0 Å². The fraction of sp³-hybridized carbons (Fsp3) is 0.200. The van der Waals surface area contributed by atoms with Crippen molar-refractivity contribution in [1.29, 1.82) is 0 Å². The smallest absolute Gasteiger partial charge is 0.261 e. The molecule has 7 nitrogen and oxygen atoms in total. The fourth-order valence-electron chi connectivity index (χ4n) is 1.89. The predicted molar refractivity (Wildman–Crippen MR) is 78.2 cm³/mol. The van der Waals surface area contributed by atoms with Crippen LogP contribution >= 0.6 is 0 Å². The zero-order valence-corrected chi connectivity index (χ0v) is 12.2. The van der Waals surface area contributed by atoms with Gasteiger partial charge in [-0.05, 0) is 31.0 Å². The minimum atomic E-state index is -1.23. The third-order valence-electron chi connectivity index (χ3n) is 2.95. The van der Waals surface area contributed by atoms with Crippen molar-refractivity contribution in [3.8, 4) is 0 Å². The molecule has 1 heterocycles. The molecule has 0 bridgehead atoms. The van der Waals surface area contributed by atoms with Crippen LogP contribution in [0, 0.1) is 13.8 Å². The summed E-state index contributed by atoms with van der Waals surface area (Å²) in [5, 5.41) is 18.6. The van der Waals surface area contributed by atoms with Gasteiger partial charge in [-0.25, -0.2) is 5.43 Å². The second-order valence-corrected chi connectivity index (χ2v) is 4.79. The number of benzene rings is 1. The number of carboxylic acid groups (broad SMARTS) is 1. The maximum Gasteiger partial charge on any atom is 0.261 e. The van der Waals surface area contributed by atoms with Crippen LogP contribution in [0.25, 0.3) is 0 Å². The van der Waals surface area contributed by atoms with Gasteiger partial charge in [0.05, 0.1) is 17.9 Å². The summed E-state index contributed by atoms with van der Waals surface area (Å²) in [6, 6.07) is 7.85. The van der Waals surface area contributed by atoms with Crippen LogP contribution in [0.2, 0.25) is 0 Å². The van der Waals surface area contributed by atoms with Crippen LogP contribution < -0.4 is 10.5 Å². The number of carboxylic acids is 1. The third kappa shape index (κ3) is 4.02. The molecule has 0 unspecified atom stereocenters. The Kier molecular flexibility index (Phi) is 4.67. The largest absolute Gasteiger partial charge is 0.545 e. The molecule has 0 fully saturated rings. The molecule has 0 aliphatic rings. The second kappa shape index (κ2) is 6.66. The number of carbonyl (C=O) groups is 2. The van der Waals surface area contributed by atoms with Crippen molar-refractivity contribution in [3.05, 3.63) is 52.8 Å². The van der Waals surface area contributed by atoms with Crippen molar-refractivity contribution < 1.29 is 14.7 Å². The monoisotopic (exact) mass is 299 g/mol. The Morgan fingerprint density at radius 1 is 1.32 bits per heavy atom. The van der Waals surface area contributed by atoms with Crippen molar-refractivity contribution in [2.24, 2.45) is 5.10 Å². The number of hydrogen-bond acceptors (Lipinski definition) is 5. The van der Waals surface area contributed by atoms with Crippen molar-refractivity contribution in [1.82, 2.24) is 15.2 Å². The summed E-state index contributed by atoms with van der Waals surface area (Å²) in [5.74, 6) is -1.53. The van der Waals surface area contributed by atoms with E-state index >= 15 is 0 Å². The van der Waals surface area contributed by atoms with Gasteiger partial charge in [-0.2, -0.15) is 10.2 Å². The van der Waals surface area contributed by atoms with Crippen LogP contribution in [0.5, 0.6) is 0 Å². The SMILES string of the molecule is Cc1cc(C)n(CC(=O)N/N=C\c2ccc(C(=O)[O-])cc2)n1. The average molecular weight is 299 g/mol. The lowest BCUT2D eigenvalue weighted by molar-refractivity contribution is -0.255. The summed E-state index contributed by atoms with van der Waals surface area (Å²) >= 11 is 0. The van der Waals surface area contributed by atoms with E-state index in [9.17, 15) is 14.7 Å². The molecule has 0 saturated carbocycles. The number of aromatic carboxylic acids is 1. The van der Waals surface area contributed by atoms with Crippen molar-refractivity contribution in [2.75, 3.05) is 0 Å². The van der Waals surface area contributed by atoms with E-state index in [1.54, 1.807) is 16.8 Å². The molecule has 0 radical (unpaired) electrons. The third-order valence-corrected chi connectivity index (χ3v) is 2.95. The molecule has 1 aromatic carbocycles. The Labute approximate surface area is 127 Å². The fourth-order valence-corrected chi connectivity index (χ4v) is 1.89. The number of aromatic nitrogens is 2. The minimum Gasteiger partial charge on any atom is -0.545 e. The van der Waals surface area contributed by atoms with Gasteiger partial charge in [0, 0.05) is 5.69 Å². The number of carbonyl (C=O) groups excluding carboxylic acids is 2. The lowest BCUT2D eigenvalue weighted by Gasteiger charge is -2.03. The lowest BCUT2D eigenvalue weighted by Crippen LogP contribution is -2.24. The number of nitrogens with one attached hydrogen (secondary N) is 1. The van der Waals surface area contributed by atoms with E-state index in [2.05, 4.69) is 15.6 Å². The summed E-state index contributed by atoms with van der Waals surface area (Å²) in [7, 11) is 0. The van der Waals surface area contributed by atoms with Gasteiger partial charge in [-0.15, -0.1) is 0 Å². The van der Waals surface area contributed by atoms with Crippen LogP contribution in [-0.4, -0.2) is 27.9 Å². The topological polar surface area (TPSA) is 99.4 Å². The van der Waals surface area contributed by atoms with Crippen molar-refractivity contribution in [2.45, 2.75) is 20.4 Å². The van der Waals surface area contributed by atoms with E-state index in [1.807, 2.05) is 19.9 Å². The molecule has 0 spiro atoms. The average Bonchev–Trinajstić information content (AvgIpc) is 2.77. The molecule has 0 aliphatic heterocycles. The van der Waals surface area contributed by atoms with E-state index < -0.39 is 5.97 Å². The first-order valence-electron chi connectivity index (χ1n) is 6.60. The highest BCUT2D eigenvalue weighted by molar-refractivity contribution is 5.88. The highest BCUT2D eigenvalue weighted by Gasteiger charge is 2.05. The molecule has 0 aliphatic carbocycles. The maximum absolute atomic E-state index is 11.7. The zero-order chi connectivity index (χ0) is 16.1. The Morgan fingerprint density at radius 2 is 2.00 bits per heavy atom. The van der Waals surface area contributed by atoms with E-state index in [1.165, 1.54) is 18.3 Å². The second-order valence-electron chi connectivity index (χ2n) is 4.79. The van der Waals surface area contributed by atoms with Crippen LogP contribution in [0.4, 0.5) is 0 Å². The Bertz CT molecular complexity index is 717. The Hall–Kier alpha value is -2.96. The molecule has 0 atom stereocenters. The van der Waals surface area contributed by atoms with E-state index in [4.69, 9.17) is 0 Å². The number of hydrogen-bond donors (Lipinski definition) is 1. The summed E-state index contributed by atoms with van der Waals surface area (Å²) in [6.45, 7) is 3.81. The molecular formula is C15H15N4O3-. The summed E-state index contributed by atoms with van der Waals surface area (Å²) in [4.78, 5) is 22.3. The van der Waals surface area contributed by atoms with Gasteiger partial charge in [-0.1, -0.05) is 24.3 Å². The van der Waals surface area contributed by atoms with Gasteiger partial charge in [0.15, 0.2) is 0 Å². The Morgan fingerprint density at radius 3 is 2.55 bits per heavy atom. The van der Waals surface area contributed by atoms with Gasteiger partial charge >= 0.3 is 0 Å². The maximum atomic E-state index is 11.7. The van der Waals surface area contributed by atoms with Crippen LogP contribution in [0.15, 0.2) is 35.4 Å². The number of hydrazone groups is 1. The predicted octanol–water partition coefficient (Wildman–Crippen LogP) is 0.0137. The summed E-state index contributed by atoms with van der Waals surface area (Å²) in [5.41, 5.74) is 4.89. The van der Waals surface area contributed by atoms with E-state index in [0.29, 0.717) is 5.56 Å². The molecule has 22 heavy (non-hydrogen) atoms. The zero-order valence-electron chi connectivity index (χ0n) is 12.2. The molecule has 2 aromatic rings. The van der Waals surface area contributed by atoms with E-state index in [-0.39, 0.29) is 18.0 Å². The molecule has 114 valence electrons. The van der Waals surface area contributed by atoms with Crippen LogP contribution in [0.1, 0.15) is 27.3 Å². The highest BCUT2D eigenvalue weighted by atomic mass is 16.4. The normalized spacial score (nSPS) is 10.8. The quantitative estimate of drug-likeness (QED) is 0.621. The number of amides is 1. The van der Waals surface area contributed by atoms with Crippen molar-refractivity contribution >= 4 is 18.1 Å².